The molecule has 0 aliphatic heterocycles. The van der Waals surface area contributed by atoms with Gasteiger partial charge in [-0.1, -0.05) is 12.1 Å². The lowest BCUT2D eigenvalue weighted by molar-refractivity contribution is 0.598. The lowest BCUT2D eigenvalue weighted by atomic mass is 10.2. The summed E-state index contributed by atoms with van der Waals surface area (Å²) in [5.41, 5.74) is 6.84. The summed E-state index contributed by atoms with van der Waals surface area (Å²) in [4.78, 5) is 3.81. The first kappa shape index (κ1) is 12.6. The Hall–Kier alpha value is -1.86. The second-order valence-corrected chi connectivity index (χ2v) is 5.52. The third-order valence-corrected chi connectivity index (χ3v) is 3.64. The molecule has 0 saturated carbocycles. The molecule has 0 unspecified atom stereocenters. The van der Waals surface area contributed by atoms with E-state index in [4.69, 9.17) is 5.73 Å². The Balaban J connectivity index is 2.27. The standard InChI is InChI=1S/C11H14N4O2S/c1-15-7-11(13-8-15)18(16,17)14-10-4-2-3-9(5-10)6-12/h2-5,7-8,14H,6,12H2,1H3. The predicted molar refractivity (Wildman–Crippen MR) is 68.3 cm³/mol. The number of aryl methyl sites for hydroxylation is 1. The van der Waals surface area contributed by atoms with Gasteiger partial charge in [-0.15, -0.1) is 0 Å². The van der Waals surface area contributed by atoms with Crippen LogP contribution in [0.25, 0.3) is 0 Å². The fourth-order valence-corrected chi connectivity index (χ4v) is 2.53. The highest BCUT2D eigenvalue weighted by molar-refractivity contribution is 7.92. The van der Waals surface area contributed by atoms with Gasteiger partial charge in [-0.25, -0.2) is 4.98 Å². The van der Waals surface area contributed by atoms with Gasteiger partial charge < -0.3 is 10.3 Å². The van der Waals surface area contributed by atoms with Crippen molar-refractivity contribution in [2.75, 3.05) is 4.72 Å². The summed E-state index contributed by atoms with van der Waals surface area (Å²) in [6, 6.07) is 6.94. The van der Waals surface area contributed by atoms with Crippen LogP contribution < -0.4 is 10.5 Å². The van der Waals surface area contributed by atoms with E-state index in [0.717, 1.165) is 5.56 Å². The fourth-order valence-electron chi connectivity index (χ4n) is 1.50. The Morgan fingerprint density at radius 3 is 2.83 bits per heavy atom. The highest BCUT2D eigenvalue weighted by Gasteiger charge is 2.16. The minimum Gasteiger partial charge on any atom is -0.339 e. The molecule has 3 N–H and O–H groups in total. The van der Waals surface area contributed by atoms with Crippen molar-refractivity contribution < 1.29 is 8.42 Å². The number of anilines is 1. The number of imidazole rings is 1. The van der Waals surface area contributed by atoms with Crippen molar-refractivity contribution in [1.82, 2.24) is 9.55 Å². The molecule has 0 aliphatic rings. The number of aromatic nitrogens is 2. The van der Waals surface area contributed by atoms with Crippen molar-refractivity contribution in [3.8, 4) is 0 Å². The van der Waals surface area contributed by atoms with Gasteiger partial charge in [0.1, 0.15) is 0 Å². The van der Waals surface area contributed by atoms with E-state index in [1.807, 2.05) is 6.07 Å². The summed E-state index contributed by atoms with van der Waals surface area (Å²) in [5, 5.41) is -0.0110. The van der Waals surface area contributed by atoms with E-state index in [1.54, 1.807) is 29.8 Å². The van der Waals surface area contributed by atoms with Crippen LogP contribution in [0, 0.1) is 0 Å². The van der Waals surface area contributed by atoms with Crippen molar-refractivity contribution >= 4 is 15.7 Å². The zero-order valence-electron chi connectivity index (χ0n) is 9.87. The lowest BCUT2D eigenvalue weighted by Crippen LogP contribution is -2.13. The molecular weight excluding hydrogens is 252 g/mol. The number of nitrogens with zero attached hydrogens (tertiary/aromatic N) is 2. The van der Waals surface area contributed by atoms with E-state index < -0.39 is 10.0 Å². The third-order valence-electron chi connectivity index (χ3n) is 2.37. The normalized spacial score (nSPS) is 11.4. The Bertz CT molecular complexity index is 649. The molecule has 1 aromatic carbocycles. The van der Waals surface area contributed by atoms with Crippen LogP contribution in [0.3, 0.4) is 0 Å². The molecule has 1 heterocycles. The smallest absolute Gasteiger partial charge is 0.280 e. The molecule has 2 aromatic rings. The van der Waals surface area contributed by atoms with Crippen LogP contribution in [0.15, 0.2) is 41.8 Å². The molecule has 1 aromatic heterocycles. The Kier molecular flexibility index (Phi) is 3.35. The molecular formula is C11H14N4O2S. The van der Waals surface area contributed by atoms with Crippen LogP contribution in [-0.4, -0.2) is 18.0 Å². The molecule has 0 saturated heterocycles. The SMILES string of the molecule is Cn1cnc(S(=O)(=O)Nc2cccc(CN)c2)c1. The van der Waals surface area contributed by atoms with E-state index in [-0.39, 0.29) is 5.03 Å². The average Bonchev–Trinajstić information content (AvgIpc) is 2.76. The van der Waals surface area contributed by atoms with Crippen LogP contribution in [0.5, 0.6) is 0 Å². The maximum Gasteiger partial charge on any atom is 0.280 e. The fraction of sp³-hybridized carbons (Fsp3) is 0.182. The number of sulfonamides is 1. The van der Waals surface area contributed by atoms with Gasteiger partial charge in [0.05, 0.1) is 6.33 Å². The molecule has 0 radical (unpaired) electrons. The van der Waals surface area contributed by atoms with Crippen molar-refractivity contribution in [2.45, 2.75) is 11.6 Å². The van der Waals surface area contributed by atoms with Crippen molar-refractivity contribution in [3.05, 3.63) is 42.4 Å². The summed E-state index contributed by atoms with van der Waals surface area (Å²) >= 11 is 0. The molecule has 18 heavy (non-hydrogen) atoms. The minimum absolute atomic E-state index is 0.0110. The number of hydrogen-bond acceptors (Lipinski definition) is 4. The highest BCUT2D eigenvalue weighted by Crippen LogP contribution is 2.15. The second-order valence-electron chi connectivity index (χ2n) is 3.89. The van der Waals surface area contributed by atoms with Crippen LogP contribution in [-0.2, 0) is 23.6 Å². The molecule has 0 amide bonds. The van der Waals surface area contributed by atoms with Crippen LogP contribution in [0.2, 0.25) is 0 Å². The number of hydrogen-bond donors (Lipinski definition) is 2. The first-order valence-electron chi connectivity index (χ1n) is 5.31. The summed E-state index contributed by atoms with van der Waals surface area (Å²) in [6.07, 6.45) is 2.87. The third kappa shape index (κ3) is 2.69. The average molecular weight is 266 g/mol. The van der Waals surface area contributed by atoms with Gasteiger partial charge in [0.15, 0.2) is 5.03 Å². The van der Waals surface area contributed by atoms with Crippen LogP contribution in [0.1, 0.15) is 5.56 Å². The molecule has 6 nitrogen and oxygen atoms in total. The van der Waals surface area contributed by atoms with Crippen molar-refractivity contribution in [2.24, 2.45) is 12.8 Å². The Morgan fingerprint density at radius 1 is 1.44 bits per heavy atom. The van der Waals surface area contributed by atoms with E-state index in [1.165, 1.54) is 12.5 Å². The summed E-state index contributed by atoms with van der Waals surface area (Å²) in [5.74, 6) is 0. The summed E-state index contributed by atoms with van der Waals surface area (Å²) < 4.78 is 28.0. The first-order chi connectivity index (χ1) is 8.51. The number of rotatable bonds is 4. The van der Waals surface area contributed by atoms with E-state index in [9.17, 15) is 8.42 Å². The van der Waals surface area contributed by atoms with Crippen molar-refractivity contribution in [3.63, 3.8) is 0 Å². The molecule has 0 fully saturated rings. The molecule has 2 rings (SSSR count). The maximum absolute atomic E-state index is 12.0. The Morgan fingerprint density at radius 2 is 2.22 bits per heavy atom. The highest BCUT2D eigenvalue weighted by atomic mass is 32.2. The number of nitrogens with two attached hydrogens (primary N) is 1. The van der Waals surface area contributed by atoms with Gasteiger partial charge in [-0.05, 0) is 17.7 Å². The summed E-state index contributed by atoms with van der Waals surface area (Å²) in [7, 11) is -1.93. The number of nitrogens with one attached hydrogen (secondary N) is 1. The monoisotopic (exact) mass is 266 g/mol. The molecule has 0 atom stereocenters. The summed E-state index contributed by atoms with van der Waals surface area (Å²) in [6.45, 7) is 0.360. The quantitative estimate of drug-likeness (QED) is 0.851. The molecule has 0 spiro atoms. The lowest BCUT2D eigenvalue weighted by Gasteiger charge is -2.06. The number of benzene rings is 1. The van der Waals surface area contributed by atoms with Gasteiger partial charge in [0, 0.05) is 25.5 Å². The van der Waals surface area contributed by atoms with E-state index >= 15 is 0 Å². The largest absolute Gasteiger partial charge is 0.339 e. The van der Waals surface area contributed by atoms with Gasteiger partial charge >= 0.3 is 0 Å². The van der Waals surface area contributed by atoms with Crippen molar-refractivity contribution in [1.29, 1.82) is 0 Å². The molecule has 96 valence electrons. The maximum atomic E-state index is 12.0. The van der Waals surface area contributed by atoms with Crippen LogP contribution in [0.4, 0.5) is 5.69 Å². The van der Waals surface area contributed by atoms with Gasteiger partial charge in [-0.2, -0.15) is 8.42 Å². The van der Waals surface area contributed by atoms with E-state index in [2.05, 4.69) is 9.71 Å². The topological polar surface area (TPSA) is 90.0 Å². The zero-order valence-corrected chi connectivity index (χ0v) is 10.7. The first-order valence-corrected chi connectivity index (χ1v) is 6.79. The minimum atomic E-state index is -3.64. The van der Waals surface area contributed by atoms with E-state index in [0.29, 0.717) is 12.2 Å². The molecule has 0 aliphatic carbocycles. The zero-order chi connectivity index (χ0) is 13.2. The second kappa shape index (κ2) is 4.79. The van der Waals surface area contributed by atoms with Gasteiger partial charge in [0.2, 0.25) is 0 Å². The Labute approximate surface area is 106 Å². The van der Waals surface area contributed by atoms with Gasteiger partial charge in [-0.3, -0.25) is 4.72 Å². The molecule has 7 heteroatoms. The molecule has 0 bridgehead atoms. The predicted octanol–water partition coefficient (Wildman–Crippen LogP) is 0.680. The van der Waals surface area contributed by atoms with Crippen LogP contribution >= 0.6 is 0 Å². The van der Waals surface area contributed by atoms with Gasteiger partial charge in [0.25, 0.3) is 10.0 Å².